The minimum Gasteiger partial charge on any atom is -0.481 e. The average Bonchev–Trinajstić information content (AvgIpc) is 3.85. The highest BCUT2D eigenvalue weighted by atomic mass is 16.4. The molecule has 57 heavy (non-hydrogen) atoms. The third-order valence-corrected chi connectivity index (χ3v) is 8.85. The van der Waals surface area contributed by atoms with E-state index in [0.29, 0.717) is 12.1 Å². The van der Waals surface area contributed by atoms with Crippen LogP contribution in [0.1, 0.15) is 64.5 Å². The number of aliphatic hydroxyl groups excluding tert-OH is 1. The molecule has 1 aliphatic heterocycles. The van der Waals surface area contributed by atoms with Crippen LogP contribution in [0, 0.1) is 5.92 Å². The van der Waals surface area contributed by atoms with Crippen molar-refractivity contribution in [2.24, 2.45) is 17.4 Å². The number of carboxylic acid groups (broad SMARTS) is 3. The van der Waals surface area contributed by atoms with Gasteiger partial charge in [-0.25, -0.2) is 9.78 Å². The Morgan fingerprint density at radius 2 is 1.33 bits per heavy atom. The molecule has 0 radical (unpaired) electrons. The number of nitrogens with two attached hydrogens (primary N) is 2. The van der Waals surface area contributed by atoms with Gasteiger partial charge in [0.05, 0.1) is 25.4 Å². The molecule has 1 aromatic rings. The number of hydrogen-bond acceptors (Lipinski definition) is 13. The molecule has 1 saturated heterocycles. The van der Waals surface area contributed by atoms with Crippen molar-refractivity contribution in [1.29, 1.82) is 0 Å². The number of aromatic nitrogens is 2. The highest BCUT2D eigenvalue weighted by Crippen LogP contribution is 2.20. The van der Waals surface area contributed by atoms with Crippen LogP contribution in [0.15, 0.2) is 12.5 Å². The zero-order valence-electron chi connectivity index (χ0n) is 31.3. The van der Waals surface area contributed by atoms with E-state index in [4.69, 9.17) is 16.6 Å². The Morgan fingerprint density at radius 1 is 0.807 bits per heavy atom. The monoisotopic (exact) mass is 810 g/mol. The predicted molar refractivity (Wildman–Crippen MR) is 192 cm³/mol. The lowest BCUT2D eigenvalue weighted by Crippen LogP contribution is -2.60. The molecule has 1 fully saturated rings. The number of primary amides is 1. The number of nitrogens with one attached hydrogen (secondary N) is 6. The molecule has 1 aromatic heterocycles. The van der Waals surface area contributed by atoms with Gasteiger partial charge in [-0.3, -0.25) is 43.2 Å². The summed E-state index contributed by atoms with van der Waals surface area (Å²) in [5.41, 5.74) is 11.8. The van der Waals surface area contributed by atoms with Crippen molar-refractivity contribution in [3.63, 3.8) is 0 Å². The summed E-state index contributed by atoms with van der Waals surface area (Å²) in [5.74, 6) is -11.7. The zero-order chi connectivity index (χ0) is 43.0. The molecule has 0 spiro atoms. The Bertz CT molecular complexity index is 1640. The molecule has 24 nitrogen and oxygen atoms in total. The molecule has 24 heteroatoms. The van der Waals surface area contributed by atoms with Crippen molar-refractivity contribution in [1.82, 2.24) is 41.5 Å². The van der Waals surface area contributed by atoms with Crippen LogP contribution in [0.5, 0.6) is 0 Å². The van der Waals surface area contributed by atoms with E-state index in [2.05, 4.69) is 31.2 Å². The highest BCUT2D eigenvalue weighted by molar-refractivity contribution is 5.98. The third kappa shape index (κ3) is 15.1. The largest absolute Gasteiger partial charge is 0.481 e. The summed E-state index contributed by atoms with van der Waals surface area (Å²) in [6.45, 7) is 2.61. The van der Waals surface area contributed by atoms with E-state index in [1.165, 1.54) is 17.4 Å². The molecule has 14 N–H and O–H groups in total. The highest BCUT2D eigenvalue weighted by Gasteiger charge is 2.39. The maximum Gasteiger partial charge on any atom is 0.326 e. The molecule has 0 aliphatic carbocycles. The molecule has 0 saturated carbocycles. The first-order chi connectivity index (χ1) is 26.7. The van der Waals surface area contributed by atoms with E-state index in [-0.39, 0.29) is 25.3 Å². The average molecular weight is 811 g/mol. The zero-order valence-corrected chi connectivity index (χ0v) is 31.3. The van der Waals surface area contributed by atoms with E-state index < -0.39 is 140 Å². The number of aromatic amines is 1. The number of carbonyl (C=O) groups is 10. The summed E-state index contributed by atoms with van der Waals surface area (Å²) in [4.78, 5) is 134. The predicted octanol–water partition coefficient (Wildman–Crippen LogP) is -4.97. The lowest BCUT2D eigenvalue weighted by molar-refractivity contribution is -0.143. The fourth-order valence-electron chi connectivity index (χ4n) is 5.63. The van der Waals surface area contributed by atoms with E-state index in [1.807, 2.05) is 5.32 Å². The minimum atomic E-state index is -1.87. The first-order valence-electron chi connectivity index (χ1n) is 17.9. The maximum absolute atomic E-state index is 13.7. The smallest absolute Gasteiger partial charge is 0.326 e. The molecule has 7 atom stereocenters. The SMILES string of the molecule is CC(C)[C@H](N)C(=O)N1CCC[C@H]1C(=O)N[C@@H](Cc1cnc[nH]1)C(=O)N[C@@H](CC(N)=O)C(=O)N[C@@H](CCC(=O)O)C(=O)N[C@@H](CO)C(=O)N[C@@H](CCC(=O)O)C(=O)O. The number of hydrogen-bond donors (Lipinski definition) is 12. The quantitative estimate of drug-likeness (QED) is 0.0465. The minimum absolute atomic E-state index is 0.220. The van der Waals surface area contributed by atoms with E-state index in [9.17, 15) is 63.3 Å². The number of likely N-dealkylation sites (tertiary alicyclic amines) is 1. The van der Waals surface area contributed by atoms with Crippen LogP contribution in [0.25, 0.3) is 0 Å². The van der Waals surface area contributed by atoms with Gasteiger partial charge < -0.3 is 68.4 Å². The number of H-pyrrole nitrogens is 1. The molecule has 316 valence electrons. The summed E-state index contributed by atoms with van der Waals surface area (Å²) in [5, 5.41) is 48.3. The number of imidazole rings is 1. The second-order valence-electron chi connectivity index (χ2n) is 13.6. The van der Waals surface area contributed by atoms with Gasteiger partial charge in [0.25, 0.3) is 0 Å². The van der Waals surface area contributed by atoms with Crippen LogP contribution in [0.3, 0.4) is 0 Å². The first kappa shape index (κ1) is 47.0. The van der Waals surface area contributed by atoms with Crippen molar-refractivity contribution < 1.29 is 68.4 Å². The van der Waals surface area contributed by atoms with Crippen molar-refractivity contribution in [2.75, 3.05) is 13.2 Å². The van der Waals surface area contributed by atoms with E-state index in [0.717, 1.165) is 0 Å². The molecule has 0 aromatic carbocycles. The van der Waals surface area contributed by atoms with Crippen LogP contribution in [0.2, 0.25) is 0 Å². The summed E-state index contributed by atoms with van der Waals surface area (Å²) in [7, 11) is 0. The lowest BCUT2D eigenvalue weighted by atomic mass is 10.0. The van der Waals surface area contributed by atoms with Gasteiger partial charge in [-0.2, -0.15) is 0 Å². The Morgan fingerprint density at radius 3 is 1.86 bits per heavy atom. The normalized spacial score (nSPS) is 16.9. The molecule has 2 rings (SSSR count). The van der Waals surface area contributed by atoms with Gasteiger partial charge in [-0.05, 0) is 31.6 Å². The number of carbonyl (C=O) groups excluding carboxylic acids is 7. The number of carboxylic acids is 3. The van der Waals surface area contributed by atoms with Crippen LogP contribution in [-0.2, 0) is 54.4 Å². The van der Waals surface area contributed by atoms with Crippen molar-refractivity contribution in [3.8, 4) is 0 Å². The standard InChI is InChI=1S/C33H50N10O14/c1-15(2)26(35)32(55)43-9-3-4-22(43)31(54)41-19(10-16-12-36-14-37-16)28(51)40-20(11-23(34)45)29(52)38-17(5-7-24(46)47)27(50)42-21(13-44)30(53)39-18(33(56)57)6-8-25(48)49/h12,14-15,17-22,26,44H,3-11,13,35H2,1-2H3,(H2,34,45)(H,36,37)(H,38,52)(H,39,53)(H,40,51)(H,41,54)(H,42,50)(H,46,47)(H,48,49)(H,56,57)/t17-,18-,19-,20-,21-,22-,26-/m0/s1. The van der Waals surface area contributed by atoms with Crippen LogP contribution >= 0.6 is 0 Å². The molecule has 0 unspecified atom stereocenters. The van der Waals surface area contributed by atoms with Crippen molar-refractivity contribution >= 4 is 59.3 Å². The Balaban J connectivity index is 2.30. The molecule has 7 amide bonds. The Kier molecular flexibility index (Phi) is 18.5. The van der Waals surface area contributed by atoms with Crippen LogP contribution in [-0.4, -0.2) is 150 Å². The summed E-state index contributed by atoms with van der Waals surface area (Å²) < 4.78 is 0. The molecular weight excluding hydrogens is 760 g/mol. The number of aliphatic carboxylic acids is 3. The van der Waals surface area contributed by atoms with Gasteiger partial charge in [0.2, 0.25) is 41.4 Å². The van der Waals surface area contributed by atoms with Crippen LogP contribution < -0.4 is 38.1 Å². The topological polar surface area (TPSA) is 396 Å². The number of aliphatic hydroxyl groups is 1. The molecular formula is C33H50N10O14. The summed E-state index contributed by atoms with van der Waals surface area (Å²) in [6, 6.07) is -10.5. The lowest BCUT2D eigenvalue weighted by Gasteiger charge is -2.29. The van der Waals surface area contributed by atoms with Gasteiger partial charge >= 0.3 is 17.9 Å². The van der Waals surface area contributed by atoms with Gasteiger partial charge in [0.15, 0.2) is 0 Å². The van der Waals surface area contributed by atoms with Gasteiger partial charge in [0, 0.05) is 37.7 Å². The van der Waals surface area contributed by atoms with Crippen LogP contribution in [0.4, 0.5) is 0 Å². The molecule has 2 heterocycles. The number of amides is 7. The Labute approximate surface area is 325 Å². The first-order valence-corrected chi connectivity index (χ1v) is 17.9. The van der Waals surface area contributed by atoms with E-state index >= 15 is 0 Å². The molecule has 0 bridgehead atoms. The van der Waals surface area contributed by atoms with E-state index in [1.54, 1.807) is 13.8 Å². The number of rotatable bonds is 24. The second-order valence-corrected chi connectivity index (χ2v) is 13.6. The van der Waals surface area contributed by atoms with Crippen molar-refractivity contribution in [3.05, 3.63) is 18.2 Å². The fraction of sp³-hybridized carbons (Fsp3) is 0.606. The van der Waals surface area contributed by atoms with Gasteiger partial charge in [-0.1, -0.05) is 13.8 Å². The fourth-order valence-corrected chi connectivity index (χ4v) is 5.63. The maximum atomic E-state index is 13.7. The van der Waals surface area contributed by atoms with Gasteiger partial charge in [-0.15, -0.1) is 0 Å². The summed E-state index contributed by atoms with van der Waals surface area (Å²) >= 11 is 0. The van der Waals surface area contributed by atoms with Crippen molar-refractivity contribution in [2.45, 2.75) is 108 Å². The van der Waals surface area contributed by atoms with Gasteiger partial charge in [0.1, 0.15) is 36.3 Å². The molecule has 1 aliphatic rings. The Hall–Kier alpha value is -6.17. The second kappa shape index (κ2) is 22.4. The summed E-state index contributed by atoms with van der Waals surface area (Å²) in [6.07, 6.45) is -0.249. The number of nitrogens with zero attached hydrogens (tertiary/aromatic N) is 2. The third-order valence-electron chi connectivity index (χ3n) is 8.85.